The monoisotopic (exact) mass is 266 g/mol. The van der Waals surface area contributed by atoms with E-state index in [1.54, 1.807) is 0 Å². The molecule has 1 atom stereocenters. The van der Waals surface area contributed by atoms with E-state index in [1.807, 2.05) is 13.8 Å². The van der Waals surface area contributed by atoms with Crippen LogP contribution >= 0.6 is 0 Å². The van der Waals surface area contributed by atoms with Crippen LogP contribution in [0.3, 0.4) is 0 Å². The molecular weight excluding hydrogens is 244 g/mol. The molecule has 0 radical (unpaired) electrons. The van der Waals surface area contributed by atoms with Crippen molar-refractivity contribution in [2.24, 2.45) is 5.92 Å². The van der Waals surface area contributed by atoms with Gasteiger partial charge in [-0.15, -0.1) is 0 Å². The standard InChI is InChI=1S/C14H22N2O3/c1-3-12(18-4-2)14-15-13(19-16-14)9-11(17)10-7-5-6-8-10/h10,12H,3-9H2,1-2H3. The van der Waals surface area contributed by atoms with Crippen LogP contribution in [0.1, 0.15) is 63.8 Å². The molecule has 19 heavy (non-hydrogen) atoms. The molecule has 1 aliphatic carbocycles. The number of ether oxygens (including phenoxy) is 1. The molecule has 1 aromatic rings. The summed E-state index contributed by atoms with van der Waals surface area (Å²) in [6.45, 7) is 4.57. The summed E-state index contributed by atoms with van der Waals surface area (Å²) >= 11 is 0. The number of Topliss-reactive ketones (excluding diaryl/α,β-unsaturated/α-hetero) is 1. The average molecular weight is 266 g/mol. The third-order valence-corrected chi connectivity index (χ3v) is 3.65. The fraction of sp³-hybridized carbons (Fsp3) is 0.786. The molecule has 0 aromatic carbocycles. The Morgan fingerprint density at radius 2 is 2.16 bits per heavy atom. The van der Waals surface area contributed by atoms with E-state index >= 15 is 0 Å². The Morgan fingerprint density at radius 1 is 1.42 bits per heavy atom. The maximum Gasteiger partial charge on any atom is 0.234 e. The molecule has 1 aromatic heterocycles. The molecule has 1 aliphatic rings. The SMILES string of the molecule is CCOC(CC)c1noc(CC(=O)C2CCCC2)n1. The number of carbonyl (C=O) groups is 1. The normalized spacial score (nSPS) is 17.8. The van der Waals surface area contributed by atoms with Crippen LogP contribution in [-0.4, -0.2) is 22.5 Å². The lowest BCUT2D eigenvalue weighted by Gasteiger charge is -2.09. The molecule has 0 spiro atoms. The van der Waals surface area contributed by atoms with Crippen molar-refractivity contribution in [1.29, 1.82) is 0 Å². The van der Waals surface area contributed by atoms with E-state index in [1.165, 1.54) is 0 Å². The number of aromatic nitrogens is 2. The van der Waals surface area contributed by atoms with Gasteiger partial charge in [0, 0.05) is 12.5 Å². The molecule has 1 saturated carbocycles. The van der Waals surface area contributed by atoms with Crippen molar-refractivity contribution in [2.45, 2.75) is 58.5 Å². The first-order valence-electron chi connectivity index (χ1n) is 7.21. The summed E-state index contributed by atoms with van der Waals surface area (Å²) in [6, 6.07) is 0. The van der Waals surface area contributed by atoms with Crippen molar-refractivity contribution in [1.82, 2.24) is 10.1 Å². The summed E-state index contributed by atoms with van der Waals surface area (Å²) in [5.41, 5.74) is 0. The smallest absolute Gasteiger partial charge is 0.234 e. The van der Waals surface area contributed by atoms with Gasteiger partial charge in [0.2, 0.25) is 11.7 Å². The molecule has 1 fully saturated rings. The third-order valence-electron chi connectivity index (χ3n) is 3.65. The van der Waals surface area contributed by atoms with Gasteiger partial charge in [0.1, 0.15) is 11.9 Å². The predicted molar refractivity (Wildman–Crippen MR) is 69.6 cm³/mol. The Morgan fingerprint density at radius 3 is 2.79 bits per heavy atom. The summed E-state index contributed by atoms with van der Waals surface area (Å²) < 4.78 is 10.7. The highest BCUT2D eigenvalue weighted by atomic mass is 16.5. The minimum absolute atomic E-state index is 0.135. The van der Waals surface area contributed by atoms with Gasteiger partial charge in [0.25, 0.3) is 0 Å². The Balaban J connectivity index is 1.94. The minimum atomic E-state index is -0.135. The fourth-order valence-electron chi connectivity index (χ4n) is 2.59. The molecule has 106 valence electrons. The van der Waals surface area contributed by atoms with Gasteiger partial charge in [-0.25, -0.2) is 0 Å². The molecule has 5 nitrogen and oxygen atoms in total. The van der Waals surface area contributed by atoms with Crippen LogP contribution in [0.15, 0.2) is 4.52 Å². The molecule has 5 heteroatoms. The van der Waals surface area contributed by atoms with E-state index in [9.17, 15) is 4.79 Å². The van der Waals surface area contributed by atoms with E-state index in [2.05, 4.69) is 10.1 Å². The van der Waals surface area contributed by atoms with Crippen LogP contribution in [0, 0.1) is 5.92 Å². The first-order chi connectivity index (χ1) is 9.24. The fourth-order valence-corrected chi connectivity index (χ4v) is 2.59. The largest absolute Gasteiger partial charge is 0.370 e. The van der Waals surface area contributed by atoms with Crippen LogP contribution < -0.4 is 0 Å². The zero-order valence-electron chi connectivity index (χ0n) is 11.7. The van der Waals surface area contributed by atoms with Crippen LogP contribution in [-0.2, 0) is 16.0 Å². The molecule has 1 unspecified atom stereocenters. The predicted octanol–water partition coefficient (Wildman–Crippen LogP) is 2.86. The van der Waals surface area contributed by atoms with Gasteiger partial charge in [-0.2, -0.15) is 4.98 Å². The molecule has 2 rings (SSSR count). The van der Waals surface area contributed by atoms with Gasteiger partial charge < -0.3 is 9.26 Å². The highest BCUT2D eigenvalue weighted by Gasteiger charge is 2.25. The van der Waals surface area contributed by atoms with Gasteiger partial charge in [-0.1, -0.05) is 24.9 Å². The van der Waals surface area contributed by atoms with Crippen LogP contribution in [0.4, 0.5) is 0 Å². The summed E-state index contributed by atoms with van der Waals surface area (Å²) in [6.07, 6.45) is 5.27. The van der Waals surface area contributed by atoms with Crippen LogP contribution in [0.5, 0.6) is 0 Å². The summed E-state index contributed by atoms with van der Waals surface area (Å²) in [5.74, 6) is 1.41. The van der Waals surface area contributed by atoms with Crippen molar-refractivity contribution < 1.29 is 14.1 Å². The number of hydrogen-bond donors (Lipinski definition) is 0. The lowest BCUT2D eigenvalue weighted by Crippen LogP contribution is -2.13. The average Bonchev–Trinajstić information content (AvgIpc) is 3.06. The van der Waals surface area contributed by atoms with Crippen molar-refractivity contribution in [3.05, 3.63) is 11.7 Å². The van der Waals surface area contributed by atoms with Crippen LogP contribution in [0.25, 0.3) is 0 Å². The second-order valence-corrected chi connectivity index (χ2v) is 5.02. The zero-order valence-corrected chi connectivity index (χ0v) is 11.7. The highest BCUT2D eigenvalue weighted by Crippen LogP contribution is 2.26. The lowest BCUT2D eigenvalue weighted by molar-refractivity contribution is -0.122. The Labute approximate surface area is 113 Å². The second kappa shape index (κ2) is 6.80. The first kappa shape index (κ1) is 14.2. The lowest BCUT2D eigenvalue weighted by atomic mass is 10.0. The van der Waals surface area contributed by atoms with E-state index in [-0.39, 0.29) is 24.2 Å². The summed E-state index contributed by atoms with van der Waals surface area (Å²) in [4.78, 5) is 16.3. The molecule has 0 N–H and O–H groups in total. The van der Waals surface area contributed by atoms with Crippen molar-refractivity contribution >= 4 is 5.78 Å². The molecular formula is C14H22N2O3. The second-order valence-electron chi connectivity index (χ2n) is 5.02. The zero-order chi connectivity index (χ0) is 13.7. The first-order valence-corrected chi connectivity index (χ1v) is 7.21. The van der Waals surface area contributed by atoms with Crippen molar-refractivity contribution in [2.75, 3.05) is 6.61 Å². The topological polar surface area (TPSA) is 65.2 Å². The Kier molecular flexibility index (Phi) is 5.07. The molecule has 0 amide bonds. The van der Waals surface area contributed by atoms with Gasteiger partial charge in [0.05, 0.1) is 6.42 Å². The van der Waals surface area contributed by atoms with Gasteiger partial charge in [-0.05, 0) is 26.2 Å². The highest BCUT2D eigenvalue weighted by molar-refractivity contribution is 5.82. The van der Waals surface area contributed by atoms with Gasteiger partial charge in [-0.3, -0.25) is 4.79 Å². The van der Waals surface area contributed by atoms with Gasteiger partial charge >= 0.3 is 0 Å². The van der Waals surface area contributed by atoms with Crippen molar-refractivity contribution in [3.8, 4) is 0 Å². The minimum Gasteiger partial charge on any atom is -0.370 e. The number of rotatable bonds is 7. The molecule has 0 bridgehead atoms. The maximum absolute atomic E-state index is 12.0. The molecule has 1 heterocycles. The number of nitrogens with zero attached hydrogens (tertiary/aromatic N) is 2. The van der Waals surface area contributed by atoms with E-state index in [0.717, 1.165) is 32.1 Å². The summed E-state index contributed by atoms with van der Waals surface area (Å²) in [7, 11) is 0. The number of carbonyl (C=O) groups excluding carboxylic acids is 1. The van der Waals surface area contributed by atoms with Crippen LogP contribution in [0.2, 0.25) is 0 Å². The molecule has 0 saturated heterocycles. The van der Waals surface area contributed by atoms with Crippen molar-refractivity contribution in [3.63, 3.8) is 0 Å². The molecule has 0 aliphatic heterocycles. The van der Waals surface area contributed by atoms with E-state index in [0.29, 0.717) is 18.3 Å². The number of ketones is 1. The maximum atomic E-state index is 12.0. The van der Waals surface area contributed by atoms with E-state index < -0.39 is 0 Å². The quantitative estimate of drug-likeness (QED) is 0.759. The van der Waals surface area contributed by atoms with E-state index in [4.69, 9.17) is 9.26 Å². The summed E-state index contributed by atoms with van der Waals surface area (Å²) in [5, 5.41) is 3.92. The number of hydrogen-bond acceptors (Lipinski definition) is 5. The Hall–Kier alpha value is -1.23. The van der Waals surface area contributed by atoms with Gasteiger partial charge in [0.15, 0.2) is 0 Å². The Bertz CT molecular complexity index is 411. The third kappa shape index (κ3) is 3.62.